The van der Waals surface area contributed by atoms with Crippen LogP contribution in [0.15, 0.2) is 30.5 Å². The number of H-pyrrole nitrogens is 1. The normalized spacial score (nSPS) is 13.6. The molecule has 0 radical (unpaired) electrons. The van der Waals surface area contributed by atoms with Crippen molar-refractivity contribution in [2.45, 2.75) is 6.42 Å². The Bertz CT molecular complexity index is 1040. The number of nitrogens with one attached hydrogen (secondary N) is 2. The van der Waals surface area contributed by atoms with Gasteiger partial charge < -0.3 is 25.3 Å². The third-order valence-corrected chi connectivity index (χ3v) is 4.20. The summed E-state index contributed by atoms with van der Waals surface area (Å²) in [7, 11) is 1.52. The van der Waals surface area contributed by atoms with Crippen LogP contribution in [0.25, 0.3) is 11.6 Å². The zero-order valence-corrected chi connectivity index (χ0v) is 14.8. The van der Waals surface area contributed by atoms with Gasteiger partial charge in [0.2, 0.25) is 0 Å². The standard InChI is InChI=1S/C20H16N2O6/c1-28-16-8-9-21-15(16)10-13-17-11(5-3-7-14(17)22-18(13)23)4-2-6-12(19(24)25)20(26)27/h3,5,7-10,12,21H,6H2,1H3,(H,22,23)(H,24,25)(H,26,27). The van der Waals surface area contributed by atoms with Crippen LogP contribution in [0, 0.1) is 17.8 Å². The molecule has 0 saturated heterocycles. The van der Waals surface area contributed by atoms with Crippen molar-refractivity contribution in [1.82, 2.24) is 4.98 Å². The van der Waals surface area contributed by atoms with E-state index in [0.717, 1.165) is 0 Å². The predicted molar refractivity (Wildman–Crippen MR) is 101 cm³/mol. The van der Waals surface area contributed by atoms with E-state index in [1.807, 2.05) is 0 Å². The molecule has 0 aliphatic carbocycles. The van der Waals surface area contributed by atoms with Gasteiger partial charge >= 0.3 is 11.9 Å². The van der Waals surface area contributed by atoms with Gasteiger partial charge in [-0.2, -0.15) is 0 Å². The molecule has 0 unspecified atom stereocenters. The summed E-state index contributed by atoms with van der Waals surface area (Å²) in [6.07, 6.45) is 2.98. The molecule has 1 aliphatic heterocycles. The van der Waals surface area contributed by atoms with E-state index in [0.29, 0.717) is 33.8 Å². The van der Waals surface area contributed by atoms with Crippen molar-refractivity contribution in [3.05, 3.63) is 47.3 Å². The lowest BCUT2D eigenvalue weighted by molar-refractivity contribution is -0.154. The van der Waals surface area contributed by atoms with Crippen LogP contribution in [-0.4, -0.2) is 40.2 Å². The van der Waals surface area contributed by atoms with E-state index in [2.05, 4.69) is 22.1 Å². The minimum Gasteiger partial charge on any atom is -0.495 e. The van der Waals surface area contributed by atoms with Gasteiger partial charge in [0.1, 0.15) is 5.75 Å². The van der Waals surface area contributed by atoms with Crippen molar-refractivity contribution >= 4 is 35.2 Å². The Morgan fingerprint density at radius 3 is 2.68 bits per heavy atom. The molecule has 0 bridgehead atoms. The molecule has 0 saturated carbocycles. The molecule has 1 amide bonds. The Hall–Kier alpha value is -3.99. The summed E-state index contributed by atoms with van der Waals surface area (Å²) in [6, 6.07) is 6.84. The molecular weight excluding hydrogens is 364 g/mol. The van der Waals surface area contributed by atoms with Crippen LogP contribution >= 0.6 is 0 Å². The van der Waals surface area contributed by atoms with E-state index in [9.17, 15) is 14.4 Å². The maximum Gasteiger partial charge on any atom is 0.318 e. The number of amides is 1. The highest BCUT2D eigenvalue weighted by atomic mass is 16.5. The molecule has 8 heteroatoms. The Balaban J connectivity index is 1.99. The van der Waals surface area contributed by atoms with Crippen molar-refractivity contribution in [2.24, 2.45) is 5.92 Å². The van der Waals surface area contributed by atoms with Crippen molar-refractivity contribution in [2.75, 3.05) is 12.4 Å². The molecule has 0 spiro atoms. The first-order valence-corrected chi connectivity index (χ1v) is 8.24. The fraction of sp³-hybridized carbons (Fsp3) is 0.150. The SMILES string of the molecule is COc1cc[nH]c1C=C1C(=O)Nc2cccc(C#CCC(C(=O)O)C(=O)O)c21. The molecule has 0 atom stereocenters. The molecule has 28 heavy (non-hydrogen) atoms. The Morgan fingerprint density at radius 2 is 2.00 bits per heavy atom. The maximum absolute atomic E-state index is 12.4. The summed E-state index contributed by atoms with van der Waals surface area (Å²) in [6.45, 7) is 0. The number of fused-ring (bicyclic) bond motifs is 1. The smallest absolute Gasteiger partial charge is 0.318 e. The summed E-state index contributed by atoms with van der Waals surface area (Å²) in [5, 5.41) is 20.6. The first-order chi connectivity index (χ1) is 13.4. The fourth-order valence-corrected chi connectivity index (χ4v) is 2.82. The summed E-state index contributed by atoms with van der Waals surface area (Å²) in [4.78, 5) is 37.4. The number of carboxylic acids is 2. The number of aromatic nitrogens is 1. The molecule has 1 aromatic heterocycles. The number of anilines is 1. The number of hydrogen-bond donors (Lipinski definition) is 4. The highest BCUT2D eigenvalue weighted by molar-refractivity contribution is 6.35. The lowest BCUT2D eigenvalue weighted by atomic mass is 9.99. The number of rotatable bonds is 5. The van der Waals surface area contributed by atoms with Crippen molar-refractivity contribution in [3.63, 3.8) is 0 Å². The Morgan fingerprint density at radius 1 is 1.25 bits per heavy atom. The van der Waals surface area contributed by atoms with Gasteiger partial charge in [0.25, 0.3) is 5.91 Å². The number of benzene rings is 1. The van der Waals surface area contributed by atoms with E-state index in [1.54, 1.807) is 36.5 Å². The summed E-state index contributed by atoms with van der Waals surface area (Å²) in [5.74, 6) is 1.15. The molecule has 4 N–H and O–H groups in total. The number of aliphatic carboxylic acids is 2. The van der Waals surface area contributed by atoms with Crippen molar-refractivity contribution in [3.8, 4) is 17.6 Å². The molecule has 3 rings (SSSR count). The van der Waals surface area contributed by atoms with Crippen LogP contribution < -0.4 is 10.1 Å². The van der Waals surface area contributed by atoms with E-state index in [4.69, 9.17) is 14.9 Å². The van der Waals surface area contributed by atoms with Gasteiger partial charge in [-0.3, -0.25) is 14.4 Å². The molecule has 8 nitrogen and oxygen atoms in total. The molecule has 0 fully saturated rings. The second kappa shape index (κ2) is 7.72. The number of aromatic amines is 1. The highest BCUT2D eigenvalue weighted by Crippen LogP contribution is 2.36. The van der Waals surface area contributed by atoms with Crippen LogP contribution in [0.2, 0.25) is 0 Å². The number of ether oxygens (including phenoxy) is 1. The summed E-state index contributed by atoms with van der Waals surface area (Å²) < 4.78 is 5.24. The first kappa shape index (κ1) is 18.8. The number of methoxy groups -OCH3 is 1. The summed E-state index contributed by atoms with van der Waals surface area (Å²) >= 11 is 0. The van der Waals surface area contributed by atoms with Gasteiger partial charge in [-0.25, -0.2) is 0 Å². The lowest BCUT2D eigenvalue weighted by Gasteiger charge is -2.04. The molecule has 1 aromatic carbocycles. The van der Waals surface area contributed by atoms with Crippen molar-refractivity contribution < 1.29 is 29.3 Å². The zero-order valence-electron chi connectivity index (χ0n) is 14.8. The minimum atomic E-state index is -1.61. The number of hydrogen-bond acceptors (Lipinski definition) is 4. The third kappa shape index (κ3) is 3.59. The maximum atomic E-state index is 12.4. The molecule has 142 valence electrons. The minimum absolute atomic E-state index is 0.310. The van der Waals surface area contributed by atoms with Crippen LogP contribution in [0.1, 0.15) is 23.2 Å². The van der Waals surface area contributed by atoms with E-state index in [1.165, 1.54) is 7.11 Å². The Labute approximate surface area is 159 Å². The zero-order chi connectivity index (χ0) is 20.3. The fourth-order valence-electron chi connectivity index (χ4n) is 2.82. The van der Waals surface area contributed by atoms with Gasteiger partial charge in [-0.15, -0.1) is 0 Å². The van der Waals surface area contributed by atoms with Gasteiger partial charge in [0, 0.05) is 23.7 Å². The topological polar surface area (TPSA) is 129 Å². The molecule has 2 aromatic rings. The monoisotopic (exact) mass is 380 g/mol. The highest BCUT2D eigenvalue weighted by Gasteiger charge is 2.27. The van der Waals surface area contributed by atoms with Crippen LogP contribution in [0.4, 0.5) is 5.69 Å². The van der Waals surface area contributed by atoms with Gasteiger partial charge in [0.15, 0.2) is 5.92 Å². The average molecular weight is 380 g/mol. The average Bonchev–Trinajstić information content (AvgIpc) is 3.22. The summed E-state index contributed by atoms with van der Waals surface area (Å²) in [5.41, 5.74) is 2.61. The van der Waals surface area contributed by atoms with Gasteiger partial charge in [-0.05, 0) is 24.3 Å². The van der Waals surface area contributed by atoms with E-state index in [-0.39, 0.29) is 12.3 Å². The van der Waals surface area contributed by atoms with Crippen LogP contribution in [-0.2, 0) is 14.4 Å². The van der Waals surface area contributed by atoms with Gasteiger partial charge in [-0.1, -0.05) is 17.9 Å². The van der Waals surface area contributed by atoms with E-state index < -0.39 is 17.9 Å². The Kier molecular flexibility index (Phi) is 5.18. The second-order valence-corrected chi connectivity index (χ2v) is 5.93. The molecular formula is C20H16N2O6. The van der Waals surface area contributed by atoms with E-state index >= 15 is 0 Å². The third-order valence-electron chi connectivity index (χ3n) is 4.20. The quantitative estimate of drug-likeness (QED) is 0.357. The molecule has 1 aliphatic rings. The van der Waals surface area contributed by atoms with Crippen LogP contribution in [0.5, 0.6) is 5.75 Å². The predicted octanol–water partition coefficient (Wildman–Crippen LogP) is 2.04. The van der Waals surface area contributed by atoms with Crippen molar-refractivity contribution in [1.29, 1.82) is 0 Å². The number of carboxylic acid groups (broad SMARTS) is 2. The first-order valence-electron chi connectivity index (χ1n) is 8.24. The second-order valence-electron chi connectivity index (χ2n) is 5.93. The number of carbonyl (C=O) groups excluding carboxylic acids is 1. The van der Waals surface area contributed by atoms with Crippen LogP contribution in [0.3, 0.4) is 0 Å². The lowest BCUT2D eigenvalue weighted by Crippen LogP contribution is -2.22. The van der Waals surface area contributed by atoms with Gasteiger partial charge in [0.05, 0.1) is 24.1 Å². The molecule has 2 heterocycles. The largest absolute Gasteiger partial charge is 0.495 e. The number of carbonyl (C=O) groups is 3.